The van der Waals surface area contributed by atoms with Crippen LogP contribution in [0.1, 0.15) is 30.2 Å². The highest BCUT2D eigenvalue weighted by Crippen LogP contribution is 2.20. The summed E-state index contributed by atoms with van der Waals surface area (Å²) in [7, 11) is 1.61. The predicted molar refractivity (Wildman–Crippen MR) is 129 cm³/mol. The van der Waals surface area contributed by atoms with Gasteiger partial charge in [-0.15, -0.1) is 0 Å². The summed E-state index contributed by atoms with van der Waals surface area (Å²) in [4.78, 5) is 32.2. The number of carbonyl (C=O) groups excluding carboxylic acids is 1. The van der Waals surface area contributed by atoms with Gasteiger partial charge in [-0.2, -0.15) is 0 Å². The summed E-state index contributed by atoms with van der Waals surface area (Å²) < 4.78 is 33.4. The molecule has 8 nitrogen and oxygen atoms in total. The Balaban J connectivity index is 1.52. The summed E-state index contributed by atoms with van der Waals surface area (Å²) >= 11 is 0. The van der Waals surface area contributed by atoms with Crippen LogP contribution in [0.2, 0.25) is 0 Å². The molecule has 0 radical (unpaired) electrons. The predicted octanol–water partition coefficient (Wildman–Crippen LogP) is 4.14. The third-order valence-electron chi connectivity index (χ3n) is 5.83. The zero-order valence-corrected chi connectivity index (χ0v) is 19.6. The lowest BCUT2D eigenvalue weighted by molar-refractivity contribution is 0.205. The van der Waals surface area contributed by atoms with Crippen molar-refractivity contribution in [1.29, 1.82) is 0 Å². The van der Waals surface area contributed by atoms with Crippen molar-refractivity contribution in [2.75, 3.05) is 24.3 Å². The average Bonchev–Trinajstić information content (AvgIpc) is 2.87. The molecule has 2 aromatic carbocycles. The van der Waals surface area contributed by atoms with Crippen molar-refractivity contribution >= 4 is 17.7 Å². The van der Waals surface area contributed by atoms with Gasteiger partial charge in [0.15, 0.2) is 11.6 Å². The van der Waals surface area contributed by atoms with E-state index in [2.05, 4.69) is 10.6 Å². The van der Waals surface area contributed by atoms with E-state index in [1.165, 1.54) is 11.0 Å². The largest absolute Gasteiger partial charge is 0.497 e. The summed E-state index contributed by atoms with van der Waals surface area (Å²) in [5, 5.41) is 5.83. The monoisotopic (exact) mass is 483 g/mol. The molecule has 0 saturated heterocycles. The fourth-order valence-electron chi connectivity index (χ4n) is 3.95. The second-order valence-corrected chi connectivity index (χ2v) is 8.25. The van der Waals surface area contributed by atoms with Crippen molar-refractivity contribution in [1.82, 2.24) is 14.5 Å². The van der Waals surface area contributed by atoms with Gasteiger partial charge < -0.3 is 20.3 Å². The van der Waals surface area contributed by atoms with Crippen molar-refractivity contribution < 1.29 is 18.3 Å². The summed E-state index contributed by atoms with van der Waals surface area (Å²) in [6.07, 6.45) is 1.14. The molecule has 4 rings (SSSR count). The number of nitrogens with one attached hydrogen (secondary N) is 2. The minimum Gasteiger partial charge on any atom is -0.497 e. The van der Waals surface area contributed by atoms with Gasteiger partial charge in [-0.1, -0.05) is 19.1 Å². The molecular formula is C25H27F2N5O3. The maximum atomic E-state index is 13.5. The van der Waals surface area contributed by atoms with E-state index in [0.29, 0.717) is 43.3 Å². The van der Waals surface area contributed by atoms with Gasteiger partial charge in [0.2, 0.25) is 5.95 Å². The lowest BCUT2D eigenvalue weighted by atomic mass is 10.1. The molecule has 184 valence electrons. The van der Waals surface area contributed by atoms with Gasteiger partial charge in [-0.05, 0) is 36.2 Å². The average molecular weight is 484 g/mol. The van der Waals surface area contributed by atoms with Crippen LogP contribution in [0.4, 0.5) is 25.2 Å². The Labute approximate surface area is 201 Å². The zero-order valence-electron chi connectivity index (χ0n) is 19.6. The fourth-order valence-corrected chi connectivity index (χ4v) is 3.95. The number of fused-ring (bicyclic) bond motifs is 1. The topological polar surface area (TPSA) is 88.5 Å². The Morgan fingerprint density at radius 1 is 1.14 bits per heavy atom. The highest BCUT2D eigenvalue weighted by atomic mass is 19.2. The number of hydrogen-bond acceptors (Lipinski definition) is 5. The molecule has 0 unspecified atom stereocenters. The van der Waals surface area contributed by atoms with E-state index in [4.69, 9.17) is 9.72 Å². The Hall–Kier alpha value is -3.95. The lowest BCUT2D eigenvalue weighted by Crippen LogP contribution is -2.43. The highest BCUT2D eigenvalue weighted by molar-refractivity contribution is 5.89. The Bertz CT molecular complexity index is 1280. The van der Waals surface area contributed by atoms with Gasteiger partial charge >= 0.3 is 6.03 Å². The molecule has 1 aliphatic rings. The van der Waals surface area contributed by atoms with E-state index in [-0.39, 0.29) is 17.8 Å². The van der Waals surface area contributed by atoms with Gasteiger partial charge in [0, 0.05) is 37.8 Å². The first-order chi connectivity index (χ1) is 16.9. The normalized spacial score (nSPS) is 12.7. The number of amides is 2. The molecule has 2 N–H and O–H groups in total. The molecule has 0 bridgehead atoms. The lowest BCUT2D eigenvalue weighted by Gasteiger charge is -2.29. The molecular weight excluding hydrogens is 456 g/mol. The van der Waals surface area contributed by atoms with Crippen molar-refractivity contribution in [3.8, 4) is 5.75 Å². The molecule has 10 heteroatoms. The molecule has 0 saturated carbocycles. The fraction of sp³-hybridized carbons (Fsp3) is 0.320. The number of methoxy groups -OCH3 is 1. The van der Waals surface area contributed by atoms with Crippen LogP contribution in [0.5, 0.6) is 5.75 Å². The first-order valence-electron chi connectivity index (χ1n) is 11.4. The third-order valence-corrected chi connectivity index (χ3v) is 5.83. The van der Waals surface area contributed by atoms with E-state index in [1.54, 1.807) is 11.7 Å². The molecule has 0 aliphatic carbocycles. The minimum atomic E-state index is -1.05. The smallest absolute Gasteiger partial charge is 0.322 e. The summed E-state index contributed by atoms with van der Waals surface area (Å²) in [5.74, 6) is -0.783. The van der Waals surface area contributed by atoms with E-state index >= 15 is 0 Å². The second kappa shape index (κ2) is 10.5. The van der Waals surface area contributed by atoms with E-state index in [0.717, 1.165) is 29.9 Å². The minimum absolute atomic E-state index is 0.0825. The number of anilines is 2. The number of halogens is 2. The first-order valence-corrected chi connectivity index (χ1v) is 11.4. The van der Waals surface area contributed by atoms with E-state index < -0.39 is 17.7 Å². The van der Waals surface area contributed by atoms with Crippen molar-refractivity contribution in [3.63, 3.8) is 0 Å². The SMILES string of the molecule is CCCn1c(NCc2ccc(OC)cc2)nc2c(c1=O)CN(C(=O)Nc1ccc(F)c(F)c1)CC2. The molecule has 1 aromatic heterocycles. The Morgan fingerprint density at radius 3 is 2.60 bits per heavy atom. The zero-order chi connectivity index (χ0) is 24.9. The van der Waals surface area contributed by atoms with Gasteiger partial charge in [-0.3, -0.25) is 9.36 Å². The molecule has 3 aromatic rings. The van der Waals surface area contributed by atoms with Crippen LogP contribution in [0, 0.1) is 11.6 Å². The van der Waals surface area contributed by atoms with Crippen LogP contribution in [-0.2, 0) is 26.1 Å². The number of hydrogen-bond donors (Lipinski definition) is 2. The molecule has 0 spiro atoms. The number of urea groups is 1. The summed E-state index contributed by atoms with van der Waals surface area (Å²) in [5.41, 5.74) is 2.07. The number of ether oxygens (including phenoxy) is 1. The van der Waals surface area contributed by atoms with Crippen LogP contribution in [0.15, 0.2) is 47.3 Å². The molecule has 35 heavy (non-hydrogen) atoms. The molecule has 1 aliphatic heterocycles. The number of carbonyl (C=O) groups is 1. The number of aromatic nitrogens is 2. The molecule has 2 amide bonds. The van der Waals surface area contributed by atoms with Crippen molar-refractivity contribution in [2.24, 2.45) is 0 Å². The van der Waals surface area contributed by atoms with E-state index in [9.17, 15) is 18.4 Å². The van der Waals surface area contributed by atoms with Crippen LogP contribution >= 0.6 is 0 Å². The summed E-state index contributed by atoms with van der Waals surface area (Å²) in [6.45, 7) is 3.36. The van der Waals surface area contributed by atoms with Gasteiger partial charge in [0.25, 0.3) is 5.56 Å². The standard InChI is InChI=1S/C25H27F2N5O3/c1-3-11-32-23(33)19-15-31(25(34)29-17-6-9-20(26)21(27)13-17)12-10-22(19)30-24(32)28-14-16-4-7-18(35-2)8-5-16/h4-9,13H,3,10-12,14-15H2,1-2H3,(H,28,30)(H,29,34). The van der Waals surface area contributed by atoms with Gasteiger partial charge in [0.1, 0.15) is 5.75 Å². The second-order valence-electron chi connectivity index (χ2n) is 8.25. The number of rotatable bonds is 7. The van der Waals surface area contributed by atoms with E-state index in [1.807, 2.05) is 31.2 Å². The van der Waals surface area contributed by atoms with Crippen molar-refractivity contribution in [2.45, 2.75) is 39.4 Å². The number of nitrogens with zero attached hydrogens (tertiary/aromatic N) is 3. The molecule has 2 heterocycles. The summed E-state index contributed by atoms with van der Waals surface area (Å²) in [6, 6.07) is 10.3. The van der Waals surface area contributed by atoms with Gasteiger partial charge in [0.05, 0.1) is 24.9 Å². The quantitative estimate of drug-likeness (QED) is 0.527. The van der Waals surface area contributed by atoms with Crippen LogP contribution in [0.25, 0.3) is 0 Å². The number of benzene rings is 2. The Kier molecular flexibility index (Phi) is 7.28. The Morgan fingerprint density at radius 2 is 1.91 bits per heavy atom. The van der Waals surface area contributed by atoms with Crippen molar-refractivity contribution in [3.05, 3.63) is 81.3 Å². The van der Waals surface area contributed by atoms with Gasteiger partial charge in [-0.25, -0.2) is 18.6 Å². The van der Waals surface area contributed by atoms with Crippen LogP contribution in [0.3, 0.4) is 0 Å². The highest BCUT2D eigenvalue weighted by Gasteiger charge is 2.26. The third kappa shape index (κ3) is 5.42. The molecule has 0 fully saturated rings. The maximum Gasteiger partial charge on any atom is 0.322 e. The maximum absolute atomic E-state index is 13.5. The first kappa shape index (κ1) is 24.2. The molecule has 0 atom stereocenters. The van der Waals surface area contributed by atoms with Crippen LogP contribution in [-0.4, -0.2) is 34.1 Å². The van der Waals surface area contributed by atoms with Crippen LogP contribution < -0.4 is 20.9 Å².